The molecule has 4 nitrogen and oxygen atoms in total. The van der Waals surface area contributed by atoms with Gasteiger partial charge in [-0.2, -0.15) is 0 Å². The molecular weight excluding hydrogens is 219 g/mol. The van der Waals surface area contributed by atoms with Gasteiger partial charge in [0.25, 0.3) is 0 Å². The minimum Gasteiger partial charge on any atom is -0.355 e. The van der Waals surface area contributed by atoms with Crippen LogP contribution in [0.15, 0.2) is 29.3 Å². The molecule has 0 aliphatic heterocycles. The second-order valence-electron chi connectivity index (χ2n) is 3.64. The zero-order valence-corrected chi connectivity index (χ0v) is 10.0. The lowest BCUT2D eigenvalue weighted by Gasteiger charge is -2.09. The minimum absolute atomic E-state index is 0.179. The fraction of sp³-hybridized carbons (Fsp3) is 0.417. The van der Waals surface area contributed by atoms with Gasteiger partial charge in [0.1, 0.15) is 5.82 Å². The van der Waals surface area contributed by atoms with Crippen molar-refractivity contribution in [3.05, 3.63) is 35.6 Å². The number of hydrogen-bond acceptors (Lipinski definition) is 2. The summed E-state index contributed by atoms with van der Waals surface area (Å²) in [6, 6.07) is 6.74. The quantitative estimate of drug-likeness (QED) is 0.312. The van der Waals surface area contributed by atoms with Gasteiger partial charge < -0.3 is 5.32 Å². The van der Waals surface area contributed by atoms with E-state index in [2.05, 4.69) is 15.7 Å². The van der Waals surface area contributed by atoms with Crippen LogP contribution in [0.3, 0.4) is 0 Å². The number of rotatable bonds is 5. The summed E-state index contributed by atoms with van der Waals surface area (Å²) in [5.74, 6) is 5.67. The molecule has 0 aromatic heterocycles. The van der Waals surface area contributed by atoms with Gasteiger partial charge in [-0.1, -0.05) is 25.1 Å². The second-order valence-corrected chi connectivity index (χ2v) is 3.64. The van der Waals surface area contributed by atoms with Crippen LogP contribution in [0.2, 0.25) is 0 Å². The van der Waals surface area contributed by atoms with E-state index in [9.17, 15) is 4.39 Å². The summed E-state index contributed by atoms with van der Waals surface area (Å²) in [6.45, 7) is 3.34. The van der Waals surface area contributed by atoms with Gasteiger partial charge in [-0.3, -0.25) is 10.4 Å². The van der Waals surface area contributed by atoms with E-state index in [-0.39, 0.29) is 5.82 Å². The number of benzene rings is 1. The Hall–Kier alpha value is -1.62. The van der Waals surface area contributed by atoms with Crippen LogP contribution >= 0.6 is 0 Å². The molecule has 0 saturated heterocycles. The summed E-state index contributed by atoms with van der Waals surface area (Å²) in [5, 5.41) is 3.03. The Balaban J connectivity index is 2.39. The first-order chi connectivity index (χ1) is 8.27. The number of nitrogens with one attached hydrogen (secondary N) is 2. The van der Waals surface area contributed by atoms with Crippen LogP contribution in [0.25, 0.3) is 0 Å². The number of hydrogen-bond donors (Lipinski definition) is 3. The Bertz CT molecular complexity index is 365. The largest absolute Gasteiger partial charge is 0.355 e. The highest BCUT2D eigenvalue weighted by Crippen LogP contribution is 2.05. The van der Waals surface area contributed by atoms with Crippen LogP contribution in [0, 0.1) is 5.82 Å². The maximum absolute atomic E-state index is 13.3. The van der Waals surface area contributed by atoms with Crippen LogP contribution in [-0.2, 0) is 6.42 Å². The van der Waals surface area contributed by atoms with E-state index >= 15 is 0 Å². The molecule has 0 aliphatic carbocycles. The number of aliphatic imine (C=N–C) groups is 1. The summed E-state index contributed by atoms with van der Waals surface area (Å²) >= 11 is 0. The molecule has 4 N–H and O–H groups in total. The molecule has 0 amide bonds. The summed E-state index contributed by atoms with van der Waals surface area (Å²) in [4.78, 5) is 4.19. The standard InChI is InChI=1S/C12H19FN4/c1-2-8-15-12(17-14)16-9-7-10-5-3-4-6-11(10)13/h3-6H,2,7-9,14H2,1H3,(H2,15,16,17). The van der Waals surface area contributed by atoms with Crippen LogP contribution < -0.4 is 16.6 Å². The smallest absolute Gasteiger partial charge is 0.205 e. The molecule has 1 aromatic carbocycles. The van der Waals surface area contributed by atoms with E-state index in [4.69, 9.17) is 5.84 Å². The van der Waals surface area contributed by atoms with Crippen molar-refractivity contribution >= 4 is 5.96 Å². The second kappa shape index (κ2) is 7.62. The van der Waals surface area contributed by atoms with Crippen molar-refractivity contribution in [2.45, 2.75) is 19.8 Å². The van der Waals surface area contributed by atoms with E-state index in [1.54, 1.807) is 12.1 Å². The van der Waals surface area contributed by atoms with Crippen LogP contribution in [0.1, 0.15) is 18.9 Å². The molecule has 0 heterocycles. The lowest BCUT2D eigenvalue weighted by Crippen LogP contribution is -2.42. The number of nitrogens with two attached hydrogens (primary N) is 1. The molecule has 5 heteroatoms. The van der Waals surface area contributed by atoms with Crippen molar-refractivity contribution in [2.24, 2.45) is 10.8 Å². The van der Waals surface area contributed by atoms with Crippen LogP contribution in [-0.4, -0.2) is 19.0 Å². The van der Waals surface area contributed by atoms with E-state index < -0.39 is 0 Å². The zero-order valence-electron chi connectivity index (χ0n) is 10.0. The average Bonchev–Trinajstić information content (AvgIpc) is 2.35. The Kier molecular flexibility index (Phi) is 6.03. The van der Waals surface area contributed by atoms with Crippen molar-refractivity contribution in [1.29, 1.82) is 0 Å². The monoisotopic (exact) mass is 238 g/mol. The SMILES string of the molecule is CCCN=C(NN)NCCc1ccccc1F. The molecule has 0 bridgehead atoms. The van der Waals surface area contributed by atoms with E-state index in [0.29, 0.717) is 31.0 Å². The summed E-state index contributed by atoms with van der Waals surface area (Å²) in [6.07, 6.45) is 1.56. The molecule has 0 aliphatic rings. The van der Waals surface area contributed by atoms with Gasteiger partial charge in [0.2, 0.25) is 5.96 Å². The first-order valence-corrected chi connectivity index (χ1v) is 5.76. The topological polar surface area (TPSA) is 62.4 Å². The van der Waals surface area contributed by atoms with Crippen molar-refractivity contribution in [2.75, 3.05) is 13.1 Å². The van der Waals surface area contributed by atoms with Crippen molar-refractivity contribution in [3.63, 3.8) is 0 Å². The fourth-order valence-corrected chi connectivity index (χ4v) is 1.39. The normalized spacial score (nSPS) is 11.4. The third-order valence-corrected chi connectivity index (χ3v) is 2.27. The van der Waals surface area contributed by atoms with E-state index in [1.807, 2.05) is 13.0 Å². The third kappa shape index (κ3) is 4.82. The Morgan fingerprint density at radius 3 is 2.82 bits per heavy atom. The fourth-order valence-electron chi connectivity index (χ4n) is 1.39. The highest BCUT2D eigenvalue weighted by molar-refractivity contribution is 5.79. The van der Waals surface area contributed by atoms with Gasteiger partial charge >= 0.3 is 0 Å². The Labute approximate surface area is 101 Å². The molecule has 0 fully saturated rings. The molecule has 0 saturated carbocycles. The Morgan fingerprint density at radius 2 is 2.18 bits per heavy atom. The van der Waals surface area contributed by atoms with Crippen molar-refractivity contribution in [1.82, 2.24) is 10.7 Å². The maximum atomic E-state index is 13.3. The summed E-state index contributed by atoms with van der Waals surface area (Å²) in [5.41, 5.74) is 3.17. The lowest BCUT2D eigenvalue weighted by molar-refractivity contribution is 0.607. The van der Waals surface area contributed by atoms with Crippen molar-refractivity contribution < 1.29 is 4.39 Å². The van der Waals surface area contributed by atoms with Gasteiger partial charge in [-0.25, -0.2) is 10.2 Å². The lowest BCUT2D eigenvalue weighted by atomic mass is 10.1. The number of halogens is 1. The molecule has 17 heavy (non-hydrogen) atoms. The molecule has 0 radical (unpaired) electrons. The Morgan fingerprint density at radius 1 is 1.41 bits per heavy atom. The molecule has 0 unspecified atom stereocenters. The highest BCUT2D eigenvalue weighted by Gasteiger charge is 2.00. The highest BCUT2D eigenvalue weighted by atomic mass is 19.1. The number of hydrazine groups is 1. The van der Waals surface area contributed by atoms with Gasteiger partial charge in [0, 0.05) is 13.1 Å². The van der Waals surface area contributed by atoms with E-state index in [1.165, 1.54) is 6.07 Å². The number of guanidine groups is 1. The summed E-state index contributed by atoms with van der Waals surface area (Å²) < 4.78 is 13.3. The van der Waals surface area contributed by atoms with E-state index in [0.717, 1.165) is 6.42 Å². The summed E-state index contributed by atoms with van der Waals surface area (Å²) in [7, 11) is 0. The molecule has 0 spiro atoms. The molecule has 94 valence electrons. The van der Waals surface area contributed by atoms with Crippen LogP contribution in [0.5, 0.6) is 0 Å². The van der Waals surface area contributed by atoms with Gasteiger partial charge in [-0.15, -0.1) is 0 Å². The first kappa shape index (κ1) is 13.4. The maximum Gasteiger partial charge on any atom is 0.205 e. The molecular formula is C12H19FN4. The van der Waals surface area contributed by atoms with Gasteiger partial charge in [0.05, 0.1) is 0 Å². The van der Waals surface area contributed by atoms with Crippen molar-refractivity contribution in [3.8, 4) is 0 Å². The molecule has 1 aromatic rings. The average molecular weight is 238 g/mol. The minimum atomic E-state index is -0.179. The molecule has 1 rings (SSSR count). The first-order valence-electron chi connectivity index (χ1n) is 5.76. The molecule has 0 atom stereocenters. The number of nitrogens with zero attached hydrogens (tertiary/aromatic N) is 1. The predicted octanol–water partition coefficient (Wildman–Crippen LogP) is 1.19. The van der Waals surface area contributed by atoms with Gasteiger partial charge in [-0.05, 0) is 24.5 Å². The third-order valence-electron chi connectivity index (χ3n) is 2.27. The zero-order chi connectivity index (χ0) is 12.5. The van der Waals surface area contributed by atoms with Crippen LogP contribution in [0.4, 0.5) is 4.39 Å². The van der Waals surface area contributed by atoms with Gasteiger partial charge in [0.15, 0.2) is 0 Å². The predicted molar refractivity (Wildman–Crippen MR) is 68.0 cm³/mol.